The van der Waals surface area contributed by atoms with Gasteiger partial charge in [-0.3, -0.25) is 4.98 Å². The standard InChI is InChI=1S/C11H15FN2/c12-14-7-4-10(5-8-14)9-11-3-1-2-6-13-11/h1-3,6,10H,4-5,7-9H2. The van der Waals surface area contributed by atoms with Gasteiger partial charge in [-0.2, -0.15) is 0 Å². The summed E-state index contributed by atoms with van der Waals surface area (Å²) in [4.78, 5) is 4.28. The molecule has 0 bridgehead atoms. The Balaban J connectivity index is 1.87. The van der Waals surface area contributed by atoms with Crippen LogP contribution >= 0.6 is 0 Å². The summed E-state index contributed by atoms with van der Waals surface area (Å²) in [5.41, 5.74) is 1.13. The highest BCUT2D eigenvalue weighted by Crippen LogP contribution is 2.20. The molecule has 0 radical (unpaired) electrons. The second-order valence-corrected chi connectivity index (χ2v) is 3.88. The van der Waals surface area contributed by atoms with Gasteiger partial charge in [0.05, 0.1) is 0 Å². The first kappa shape index (κ1) is 9.59. The number of piperidine rings is 1. The number of aromatic nitrogens is 1. The van der Waals surface area contributed by atoms with Crippen LogP contribution in [0.25, 0.3) is 0 Å². The molecule has 2 rings (SSSR count). The van der Waals surface area contributed by atoms with Crippen molar-refractivity contribution in [3.05, 3.63) is 30.1 Å². The molecule has 1 aliphatic heterocycles. The first-order chi connectivity index (χ1) is 6.84. The van der Waals surface area contributed by atoms with Crippen LogP contribution in [0.5, 0.6) is 0 Å². The SMILES string of the molecule is FN1CCC(Cc2ccccn2)CC1. The number of pyridine rings is 1. The van der Waals surface area contributed by atoms with E-state index in [-0.39, 0.29) is 0 Å². The Labute approximate surface area is 83.7 Å². The summed E-state index contributed by atoms with van der Waals surface area (Å²) in [6.07, 6.45) is 4.72. The fourth-order valence-corrected chi connectivity index (χ4v) is 1.92. The Hall–Kier alpha value is -0.960. The average molecular weight is 194 g/mol. The molecule has 0 spiro atoms. The van der Waals surface area contributed by atoms with Crippen molar-refractivity contribution in [3.63, 3.8) is 0 Å². The smallest absolute Gasteiger partial charge is 0.0406 e. The van der Waals surface area contributed by atoms with Crippen LogP contribution in [-0.2, 0) is 6.42 Å². The van der Waals surface area contributed by atoms with Crippen molar-refractivity contribution in [1.29, 1.82) is 0 Å². The van der Waals surface area contributed by atoms with E-state index in [0.29, 0.717) is 19.0 Å². The van der Waals surface area contributed by atoms with Crippen molar-refractivity contribution >= 4 is 0 Å². The number of halogens is 1. The van der Waals surface area contributed by atoms with E-state index in [2.05, 4.69) is 4.98 Å². The van der Waals surface area contributed by atoms with Gasteiger partial charge in [0.1, 0.15) is 0 Å². The van der Waals surface area contributed by atoms with Crippen LogP contribution in [0.15, 0.2) is 24.4 Å². The van der Waals surface area contributed by atoms with Gasteiger partial charge in [0, 0.05) is 25.0 Å². The molecule has 0 N–H and O–H groups in total. The molecule has 1 fully saturated rings. The normalized spacial score (nSPS) is 19.8. The third-order valence-corrected chi connectivity index (χ3v) is 2.78. The topological polar surface area (TPSA) is 16.1 Å². The Kier molecular flexibility index (Phi) is 3.09. The quantitative estimate of drug-likeness (QED) is 0.671. The molecule has 0 unspecified atom stereocenters. The van der Waals surface area contributed by atoms with Gasteiger partial charge in [0.25, 0.3) is 0 Å². The van der Waals surface area contributed by atoms with Gasteiger partial charge in [-0.1, -0.05) is 6.07 Å². The lowest BCUT2D eigenvalue weighted by Gasteiger charge is -2.25. The van der Waals surface area contributed by atoms with Crippen molar-refractivity contribution in [1.82, 2.24) is 10.1 Å². The van der Waals surface area contributed by atoms with Gasteiger partial charge < -0.3 is 0 Å². The van der Waals surface area contributed by atoms with E-state index in [4.69, 9.17) is 0 Å². The first-order valence-electron chi connectivity index (χ1n) is 5.15. The van der Waals surface area contributed by atoms with E-state index in [1.165, 1.54) is 0 Å². The highest BCUT2D eigenvalue weighted by atomic mass is 19.2. The zero-order valence-corrected chi connectivity index (χ0v) is 8.19. The van der Waals surface area contributed by atoms with Crippen LogP contribution in [0, 0.1) is 5.92 Å². The Morgan fingerprint density at radius 2 is 2.14 bits per heavy atom. The van der Waals surface area contributed by atoms with Crippen LogP contribution in [0.1, 0.15) is 18.5 Å². The molecule has 0 amide bonds. The summed E-state index contributed by atoms with van der Waals surface area (Å²) in [7, 11) is 0. The summed E-state index contributed by atoms with van der Waals surface area (Å²) in [5.74, 6) is 0.608. The van der Waals surface area contributed by atoms with E-state index in [0.717, 1.165) is 30.1 Å². The molecular formula is C11H15FN2. The van der Waals surface area contributed by atoms with Crippen molar-refractivity contribution in [2.75, 3.05) is 13.1 Å². The lowest BCUT2D eigenvalue weighted by atomic mass is 9.93. The molecule has 0 aromatic carbocycles. The number of hydrogen-bond acceptors (Lipinski definition) is 2. The van der Waals surface area contributed by atoms with Gasteiger partial charge >= 0.3 is 0 Å². The Bertz CT molecular complexity index is 268. The molecule has 2 heterocycles. The molecule has 1 aromatic rings. The fourth-order valence-electron chi connectivity index (χ4n) is 1.92. The summed E-state index contributed by atoms with van der Waals surface area (Å²) >= 11 is 0. The third-order valence-electron chi connectivity index (χ3n) is 2.78. The molecule has 1 aromatic heterocycles. The van der Waals surface area contributed by atoms with Gasteiger partial charge in [-0.05, 0) is 37.3 Å². The lowest BCUT2D eigenvalue weighted by molar-refractivity contribution is -0.00864. The van der Waals surface area contributed by atoms with Gasteiger partial charge in [-0.15, -0.1) is 9.60 Å². The molecular weight excluding hydrogens is 179 g/mol. The Morgan fingerprint density at radius 3 is 2.79 bits per heavy atom. The molecule has 1 saturated heterocycles. The zero-order chi connectivity index (χ0) is 9.80. The molecule has 1 aliphatic rings. The Morgan fingerprint density at radius 1 is 1.36 bits per heavy atom. The van der Waals surface area contributed by atoms with Crippen molar-refractivity contribution < 1.29 is 4.48 Å². The van der Waals surface area contributed by atoms with Crippen LogP contribution in [-0.4, -0.2) is 23.2 Å². The van der Waals surface area contributed by atoms with E-state index in [1.807, 2.05) is 24.4 Å². The largest absolute Gasteiger partial charge is 0.261 e. The van der Waals surface area contributed by atoms with Gasteiger partial charge in [-0.25, -0.2) is 0 Å². The summed E-state index contributed by atoms with van der Waals surface area (Å²) in [6.45, 7) is 1.16. The summed E-state index contributed by atoms with van der Waals surface area (Å²) in [6, 6.07) is 5.97. The van der Waals surface area contributed by atoms with E-state index >= 15 is 0 Å². The predicted molar refractivity (Wildman–Crippen MR) is 53.3 cm³/mol. The van der Waals surface area contributed by atoms with Crippen molar-refractivity contribution in [3.8, 4) is 0 Å². The maximum Gasteiger partial charge on any atom is 0.0406 e. The maximum absolute atomic E-state index is 12.7. The maximum atomic E-state index is 12.7. The number of nitrogens with zero attached hydrogens (tertiary/aromatic N) is 2. The minimum atomic E-state index is 0.581. The number of rotatable bonds is 2. The van der Waals surface area contributed by atoms with E-state index < -0.39 is 0 Å². The van der Waals surface area contributed by atoms with Crippen molar-refractivity contribution in [2.24, 2.45) is 5.92 Å². The highest BCUT2D eigenvalue weighted by molar-refractivity contribution is 5.04. The van der Waals surface area contributed by atoms with Crippen LogP contribution < -0.4 is 0 Å². The van der Waals surface area contributed by atoms with Crippen LogP contribution in [0.4, 0.5) is 4.48 Å². The minimum absolute atomic E-state index is 0.581. The molecule has 0 atom stereocenters. The molecule has 76 valence electrons. The molecule has 2 nitrogen and oxygen atoms in total. The van der Waals surface area contributed by atoms with Crippen molar-refractivity contribution in [2.45, 2.75) is 19.3 Å². The van der Waals surface area contributed by atoms with E-state index in [1.54, 1.807) is 0 Å². The molecule has 14 heavy (non-hydrogen) atoms. The average Bonchev–Trinajstić information content (AvgIpc) is 2.23. The van der Waals surface area contributed by atoms with E-state index in [9.17, 15) is 4.48 Å². The van der Waals surface area contributed by atoms with Crippen LogP contribution in [0.2, 0.25) is 0 Å². The van der Waals surface area contributed by atoms with Gasteiger partial charge in [0.2, 0.25) is 0 Å². The number of hydrogen-bond donors (Lipinski definition) is 0. The second kappa shape index (κ2) is 4.51. The predicted octanol–water partition coefficient (Wildman–Crippen LogP) is 2.22. The fraction of sp³-hybridized carbons (Fsp3) is 0.545. The summed E-state index contributed by atoms with van der Waals surface area (Å²) in [5, 5.41) is 0.912. The lowest BCUT2D eigenvalue weighted by Crippen LogP contribution is -2.28. The zero-order valence-electron chi connectivity index (χ0n) is 8.19. The van der Waals surface area contributed by atoms with Gasteiger partial charge in [0.15, 0.2) is 0 Å². The first-order valence-corrected chi connectivity index (χ1v) is 5.15. The summed E-state index contributed by atoms with van der Waals surface area (Å²) < 4.78 is 12.7. The molecule has 0 saturated carbocycles. The van der Waals surface area contributed by atoms with Crippen LogP contribution in [0.3, 0.4) is 0 Å². The highest BCUT2D eigenvalue weighted by Gasteiger charge is 2.19. The molecule has 3 heteroatoms. The monoisotopic (exact) mass is 194 g/mol. The third kappa shape index (κ3) is 2.51. The minimum Gasteiger partial charge on any atom is -0.261 e. The second-order valence-electron chi connectivity index (χ2n) is 3.88. The molecule has 0 aliphatic carbocycles.